The second-order valence-electron chi connectivity index (χ2n) is 17.6. The van der Waals surface area contributed by atoms with Crippen molar-refractivity contribution in [2.45, 2.75) is 74.7 Å². The Hall–Kier alpha value is -6.92. The molecular weight excluding hydrogens is 747 g/mol. The fourth-order valence-electron chi connectivity index (χ4n) is 9.84. The predicted molar refractivity (Wildman–Crippen MR) is 253 cm³/mol. The van der Waals surface area contributed by atoms with Crippen molar-refractivity contribution < 1.29 is 4.74 Å². The van der Waals surface area contributed by atoms with Crippen molar-refractivity contribution in [2.75, 3.05) is 0 Å². The minimum Gasteiger partial charge on any atom is -0.457 e. The summed E-state index contributed by atoms with van der Waals surface area (Å²) in [6.07, 6.45) is 2.05. The fourth-order valence-corrected chi connectivity index (χ4v) is 9.84. The molecule has 0 saturated carbocycles. The van der Waals surface area contributed by atoms with E-state index in [1.54, 1.807) is 0 Å². The first-order valence-electron chi connectivity index (χ1n) is 21.2. The van der Waals surface area contributed by atoms with E-state index >= 15 is 0 Å². The van der Waals surface area contributed by atoms with Crippen LogP contribution in [0.1, 0.15) is 69.7 Å². The highest BCUT2D eigenvalue weighted by molar-refractivity contribution is 6.14. The maximum atomic E-state index is 6.95. The van der Waals surface area contributed by atoms with Crippen LogP contribution in [0.2, 0.25) is 0 Å². The van der Waals surface area contributed by atoms with Crippen LogP contribution in [-0.2, 0) is 5.41 Å². The number of benzene rings is 6. The van der Waals surface area contributed by atoms with Crippen LogP contribution in [0.5, 0.6) is 11.5 Å². The molecule has 0 aliphatic heterocycles. The number of para-hydroxylation sites is 1. The highest BCUT2D eigenvalue weighted by Gasteiger charge is 2.27. The Kier molecular flexibility index (Phi) is 8.85. The van der Waals surface area contributed by atoms with Gasteiger partial charge in [-0.1, -0.05) is 86.6 Å². The Morgan fingerprint density at radius 1 is 0.525 bits per heavy atom. The van der Waals surface area contributed by atoms with Crippen LogP contribution in [0.25, 0.3) is 60.8 Å². The number of nitrogens with zero attached hydrogens (tertiary/aromatic N) is 5. The van der Waals surface area contributed by atoms with Crippen LogP contribution in [0.4, 0.5) is 0 Å². The minimum atomic E-state index is -0.293. The SMILES string of the molecule is Cc1cc(C)n(-c2cc(Oc3ccc4c5ccccc5n(-c5ncc(C)c(-n6c7c(C)ccc(C)c7c7c(C)ccc(C)c76)c5C)c4c3)cc(C(C)(C)c3ccccc3)c2)n1. The Morgan fingerprint density at radius 3 is 1.84 bits per heavy atom. The van der Waals surface area contributed by atoms with Gasteiger partial charge in [0.15, 0.2) is 0 Å². The van der Waals surface area contributed by atoms with Crippen molar-refractivity contribution in [1.82, 2.24) is 23.9 Å². The molecule has 0 fully saturated rings. The molecule has 6 heteroatoms. The van der Waals surface area contributed by atoms with Gasteiger partial charge in [0.1, 0.15) is 17.3 Å². The molecule has 0 aliphatic rings. The van der Waals surface area contributed by atoms with Crippen LogP contribution in [-0.4, -0.2) is 23.9 Å². The van der Waals surface area contributed by atoms with Gasteiger partial charge in [-0.2, -0.15) is 5.10 Å². The topological polar surface area (TPSA) is 49.8 Å². The first kappa shape index (κ1) is 38.3. The molecule has 4 aromatic heterocycles. The lowest BCUT2D eigenvalue weighted by Crippen LogP contribution is -2.19. The van der Waals surface area contributed by atoms with Gasteiger partial charge in [-0.15, -0.1) is 0 Å². The van der Waals surface area contributed by atoms with Crippen LogP contribution in [0.3, 0.4) is 0 Å². The summed E-state index contributed by atoms with van der Waals surface area (Å²) in [4.78, 5) is 5.27. The summed E-state index contributed by atoms with van der Waals surface area (Å²) in [7, 11) is 0. The molecule has 0 radical (unpaired) electrons. The van der Waals surface area contributed by atoms with Crippen molar-refractivity contribution in [3.8, 4) is 28.7 Å². The van der Waals surface area contributed by atoms with E-state index in [-0.39, 0.29) is 5.41 Å². The molecule has 0 atom stereocenters. The molecular formula is C55H51N5O. The van der Waals surface area contributed by atoms with Gasteiger partial charge >= 0.3 is 0 Å². The summed E-state index contributed by atoms with van der Waals surface area (Å²) in [6, 6.07) is 43.5. The Labute approximate surface area is 357 Å². The molecule has 0 bridgehead atoms. The highest BCUT2D eigenvalue weighted by Crippen LogP contribution is 2.43. The molecule has 0 aliphatic carbocycles. The van der Waals surface area contributed by atoms with E-state index in [9.17, 15) is 0 Å². The van der Waals surface area contributed by atoms with Gasteiger partial charge in [-0.25, -0.2) is 9.67 Å². The van der Waals surface area contributed by atoms with Gasteiger partial charge in [-0.3, -0.25) is 4.57 Å². The summed E-state index contributed by atoms with van der Waals surface area (Å²) in [6.45, 7) is 22.1. The smallest absolute Gasteiger partial charge is 0.142 e. The lowest BCUT2D eigenvalue weighted by atomic mass is 9.78. The zero-order chi connectivity index (χ0) is 42.5. The third-order valence-electron chi connectivity index (χ3n) is 13.0. The number of aryl methyl sites for hydroxylation is 7. The van der Waals surface area contributed by atoms with E-state index in [4.69, 9.17) is 14.8 Å². The zero-order valence-electron chi connectivity index (χ0n) is 36.8. The quantitative estimate of drug-likeness (QED) is 0.161. The van der Waals surface area contributed by atoms with Crippen LogP contribution in [0.15, 0.2) is 128 Å². The average Bonchev–Trinajstić information content (AvgIpc) is 3.90. The zero-order valence-corrected chi connectivity index (χ0v) is 36.8. The van der Waals surface area contributed by atoms with E-state index < -0.39 is 0 Å². The van der Waals surface area contributed by atoms with Crippen LogP contribution >= 0.6 is 0 Å². The van der Waals surface area contributed by atoms with Gasteiger partial charge in [0.25, 0.3) is 0 Å². The van der Waals surface area contributed by atoms with Gasteiger partial charge < -0.3 is 9.30 Å². The molecule has 0 spiro atoms. The lowest BCUT2D eigenvalue weighted by Gasteiger charge is -2.27. The monoisotopic (exact) mass is 797 g/mol. The molecule has 6 nitrogen and oxygen atoms in total. The van der Waals surface area contributed by atoms with E-state index in [0.717, 1.165) is 67.5 Å². The lowest BCUT2D eigenvalue weighted by molar-refractivity contribution is 0.480. The van der Waals surface area contributed by atoms with E-state index in [1.165, 1.54) is 60.7 Å². The molecule has 61 heavy (non-hydrogen) atoms. The highest BCUT2D eigenvalue weighted by atomic mass is 16.5. The number of pyridine rings is 1. The summed E-state index contributed by atoms with van der Waals surface area (Å²) >= 11 is 0. The Bertz CT molecular complexity index is 3330. The van der Waals surface area contributed by atoms with Crippen molar-refractivity contribution >= 4 is 43.6 Å². The van der Waals surface area contributed by atoms with Gasteiger partial charge in [0.05, 0.1) is 39.1 Å². The van der Waals surface area contributed by atoms with Crippen LogP contribution in [0, 0.1) is 55.4 Å². The number of hydrogen-bond donors (Lipinski definition) is 0. The van der Waals surface area contributed by atoms with Crippen molar-refractivity contribution in [3.05, 3.63) is 183 Å². The minimum absolute atomic E-state index is 0.293. The van der Waals surface area contributed by atoms with E-state index in [2.05, 4.69) is 193 Å². The van der Waals surface area contributed by atoms with E-state index in [1.807, 2.05) is 17.8 Å². The number of ether oxygens (including phenoxy) is 1. The van der Waals surface area contributed by atoms with Gasteiger partial charge in [0.2, 0.25) is 0 Å². The first-order valence-corrected chi connectivity index (χ1v) is 21.2. The molecule has 10 rings (SSSR count). The third kappa shape index (κ3) is 5.99. The average molecular weight is 798 g/mol. The van der Waals surface area contributed by atoms with E-state index in [0.29, 0.717) is 0 Å². The number of hydrogen-bond acceptors (Lipinski definition) is 3. The molecule has 10 aromatic rings. The number of rotatable bonds is 7. The molecule has 4 heterocycles. The molecule has 0 saturated heterocycles. The molecule has 0 unspecified atom stereocenters. The number of aromatic nitrogens is 5. The normalized spacial score (nSPS) is 12.1. The van der Waals surface area contributed by atoms with Crippen LogP contribution < -0.4 is 4.74 Å². The Balaban J connectivity index is 1.18. The molecule has 0 amide bonds. The first-order chi connectivity index (χ1) is 29.3. The largest absolute Gasteiger partial charge is 0.457 e. The molecule has 302 valence electrons. The Morgan fingerprint density at radius 2 is 1.16 bits per heavy atom. The third-order valence-corrected chi connectivity index (χ3v) is 13.0. The molecule has 0 N–H and O–H groups in total. The summed E-state index contributed by atoms with van der Waals surface area (Å²) in [5, 5.41) is 9.83. The van der Waals surface area contributed by atoms with Gasteiger partial charge in [0, 0.05) is 56.5 Å². The second kappa shape index (κ2) is 14.1. The maximum absolute atomic E-state index is 6.95. The molecule has 6 aromatic carbocycles. The standard InChI is InChI=1S/C55H51N5O/c1-32-20-22-34(3)52-49(32)50-33(2)21-23-35(4)53(50)59(52)51-36(5)31-56-54(39(51)8)58-47-19-15-14-18-45(47)46-25-24-43(30-48(46)58)61-44-28-41(55(9,10)40-16-12-11-13-17-40)27-42(29-44)60-38(7)26-37(6)57-60/h11-31H,1-10H3. The maximum Gasteiger partial charge on any atom is 0.142 e. The summed E-state index contributed by atoms with van der Waals surface area (Å²) in [5.41, 5.74) is 18.2. The number of fused-ring (bicyclic) bond motifs is 6. The van der Waals surface area contributed by atoms with Gasteiger partial charge in [-0.05, 0) is 131 Å². The summed E-state index contributed by atoms with van der Waals surface area (Å²) < 4.78 is 13.8. The van der Waals surface area contributed by atoms with Crippen molar-refractivity contribution in [3.63, 3.8) is 0 Å². The summed E-state index contributed by atoms with van der Waals surface area (Å²) in [5.74, 6) is 2.39. The van der Waals surface area contributed by atoms with Crippen molar-refractivity contribution in [2.24, 2.45) is 0 Å². The second-order valence-corrected chi connectivity index (χ2v) is 17.6. The fraction of sp³-hybridized carbons (Fsp3) is 0.200. The van der Waals surface area contributed by atoms with Crippen molar-refractivity contribution in [1.29, 1.82) is 0 Å². The predicted octanol–water partition coefficient (Wildman–Crippen LogP) is 14.0.